The van der Waals surface area contributed by atoms with Gasteiger partial charge < -0.3 is 0 Å². The van der Waals surface area contributed by atoms with E-state index in [1.165, 1.54) is 10.7 Å². The van der Waals surface area contributed by atoms with Crippen LogP contribution in [-0.2, 0) is 10.0 Å². The van der Waals surface area contributed by atoms with Gasteiger partial charge in [-0.3, -0.25) is 0 Å². The maximum absolute atomic E-state index is 12.1. The van der Waals surface area contributed by atoms with Crippen molar-refractivity contribution in [1.82, 2.24) is 4.41 Å². The molecule has 2 aromatic rings. The third kappa shape index (κ3) is 3.26. The highest BCUT2D eigenvalue weighted by Crippen LogP contribution is 2.35. The lowest BCUT2D eigenvalue weighted by Crippen LogP contribution is -2.25. The Kier molecular flexibility index (Phi) is 4.17. The average Bonchev–Trinajstić information content (AvgIpc) is 2.93. The summed E-state index contributed by atoms with van der Waals surface area (Å²) in [6, 6.07) is 14.9. The zero-order valence-corrected chi connectivity index (χ0v) is 14.5. The fraction of sp³-hybridized carbons (Fsp3) is 0.235. The van der Waals surface area contributed by atoms with Gasteiger partial charge in [-0.15, -0.1) is 0 Å². The molecule has 120 valence electrons. The Labute approximate surface area is 141 Å². The normalized spacial score (nSPS) is 18.1. The van der Waals surface area contributed by atoms with E-state index in [4.69, 9.17) is 11.6 Å². The number of hydrogen-bond donors (Lipinski definition) is 0. The smallest absolute Gasteiger partial charge is 0.205 e. The lowest BCUT2D eigenvalue weighted by molar-refractivity contribution is 0.375. The van der Waals surface area contributed by atoms with Gasteiger partial charge in [0.2, 0.25) is 10.0 Å². The predicted molar refractivity (Wildman–Crippen MR) is 93.2 cm³/mol. The zero-order chi connectivity index (χ0) is 16.6. The molecule has 1 heterocycles. The highest BCUT2D eigenvalue weighted by Gasteiger charge is 2.34. The van der Waals surface area contributed by atoms with Gasteiger partial charge in [-0.25, -0.2) is 8.42 Å². The fourth-order valence-corrected chi connectivity index (χ4v) is 3.84. The van der Waals surface area contributed by atoms with Crippen LogP contribution in [0, 0.1) is 6.92 Å². The van der Waals surface area contributed by atoms with Crippen LogP contribution in [-0.4, -0.2) is 24.8 Å². The molecule has 0 N–H and O–H groups in total. The van der Waals surface area contributed by atoms with Crippen LogP contribution < -0.4 is 0 Å². The minimum absolute atomic E-state index is 0.336. The summed E-state index contributed by atoms with van der Waals surface area (Å²) in [6.07, 6.45) is 1.67. The van der Waals surface area contributed by atoms with E-state index in [1.807, 2.05) is 49.4 Å². The number of hydrogen-bond acceptors (Lipinski definition) is 3. The molecule has 1 atom stereocenters. The maximum atomic E-state index is 12.1. The molecule has 0 aliphatic carbocycles. The molecule has 1 aliphatic rings. The SMILES string of the molecule is Cc1ccc(C2CC(c3ccccc3Cl)=NN2S(C)(=O)=O)cc1. The van der Waals surface area contributed by atoms with Crippen LogP contribution in [0.4, 0.5) is 0 Å². The Balaban J connectivity index is 2.03. The molecule has 0 amide bonds. The second kappa shape index (κ2) is 5.98. The number of sulfonamides is 1. The third-order valence-electron chi connectivity index (χ3n) is 3.86. The minimum Gasteiger partial charge on any atom is -0.205 e. The minimum atomic E-state index is -3.46. The van der Waals surface area contributed by atoms with Gasteiger partial charge >= 0.3 is 0 Å². The molecule has 3 rings (SSSR count). The lowest BCUT2D eigenvalue weighted by atomic mass is 9.98. The molecular formula is C17H17ClN2O2S. The predicted octanol–water partition coefficient (Wildman–Crippen LogP) is 3.76. The van der Waals surface area contributed by atoms with Crippen LogP contribution in [0.5, 0.6) is 0 Å². The largest absolute Gasteiger partial charge is 0.247 e. The van der Waals surface area contributed by atoms with Gasteiger partial charge in [0.05, 0.1) is 18.0 Å². The molecule has 0 saturated heterocycles. The van der Waals surface area contributed by atoms with Crippen molar-refractivity contribution in [1.29, 1.82) is 0 Å². The monoisotopic (exact) mass is 348 g/mol. The molecule has 0 radical (unpaired) electrons. The molecule has 0 aromatic heterocycles. The summed E-state index contributed by atoms with van der Waals surface area (Å²) in [4.78, 5) is 0. The third-order valence-corrected chi connectivity index (χ3v) is 5.20. The van der Waals surface area contributed by atoms with Gasteiger partial charge in [0.25, 0.3) is 0 Å². The second-order valence-electron chi connectivity index (χ2n) is 5.69. The maximum Gasteiger partial charge on any atom is 0.247 e. The van der Waals surface area contributed by atoms with E-state index in [9.17, 15) is 8.42 Å². The van der Waals surface area contributed by atoms with Crippen LogP contribution in [0.15, 0.2) is 53.6 Å². The van der Waals surface area contributed by atoms with Crippen LogP contribution in [0.2, 0.25) is 5.02 Å². The van der Waals surface area contributed by atoms with Gasteiger partial charge in [-0.05, 0) is 18.6 Å². The standard InChI is InChI=1S/C17H17ClN2O2S/c1-12-7-9-13(10-8-12)17-11-16(19-20(17)23(2,21)22)14-5-3-4-6-15(14)18/h3-10,17H,11H2,1-2H3. The number of halogens is 1. The van der Waals surface area contributed by atoms with Crippen molar-refractivity contribution < 1.29 is 8.42 Å². The second-order valence-corrected chi connectivity index (χ2v) is 7.94. The van der Waals surface area contributed by atoms with E-state index in [2.05, 4.69) is 5.10 Å². The van der Waals surface area contributed by atoms with Crippen LogP contribution in [0.25, 0.3) is 0 Å². The zero-order valence-electron chi connectivity index (χ0n) is 12.9. The molecule has 2 aromatic carbocycles. The molecule has 1 aliphatic heterocycles. The van der Waals surface area contributed by atoms with E-state index in [-0.39, 0.29) is 6.04 Å². The van der Waals surface area contributed by atoms with Crippen molar-refractivity contribution >= 4 is 27.3 Å². The van der Waals surface area contributed by atoms with Gasteiger partial charge in [0.1, 0.15) is 0 Å². The van der Waals surface area contributed by atoms with Crippen molar-refractivity contribution in [3.05, 3.63) is 70.2 Å². The van der Waals surface area contributed by atoms with Gasteiger partial charge in [-0.1, -0.05) is 59.6 Å². The molecule has 0 bridgehead atoms. The molecule has 4 nitrogen and oxygen atoms in total. The van der Waals surface area contributed by atoms with Gasteiger partial charge in [-0.2, -0.15) is 9.52 Å². The van der Waals surface area contributed by atoms with E-state index in [1.54, 1.807) is 6.07 Å². The quantitative estimate of drug-likeness (QED) is 0.848. The summed E-state index contributed by atoms with van der Waals surface area (Å²) >= 11 is 6.23. The first kappa shape index (κ1) is 16.0. The van der Waals surface area contributed by atoms with Gasteiger partial charge in [0, 0.05) is 17.0 Å². The molecular weight excluding hydrogens is 332 g/mol. The van der Waals surface area contributed by atoms with Gasteiger partial charge in [0.15, 0.2) is 0 Å². The van der Waals surface area contributed by atoms with Crippen molar-refractivity contribution in [2.24, 2.45) is 5.10 Å². The molecule has 1 unspecified atom stereocenters. The van der Waals surface area contributed by atoms with Crippen LogP contribution in [0.3, 0.4) is 0 Å². The van der Waals surface area contributed by atoms with Crippen molar-refractivity contribution in [2.75, 3.05) is 6.26 Å². The molecule has 0 spiro atoms. The van der Waals surface area contributed by atoms with E-state index in [0.717, 1.165) is 16.7 Å². The number of aryl methyl sites for hydroxylation is 1. The Bertz CT molecular complexity index is 860. The van der Waals surface area contributed by atoms with E-state index >= 15 is 0 Å². The first-order valence-electron chi connectivity index (χ1n) is 7.24. The number of benzene rings is 2. The molecule has 6 heteroatoms. The Hall–Kier alpha value is -1.85. The van der Waals surface area contributed by atoms with Crippen molar-refractivity contribution in [3.63, 3.8) is 0 Å². The number of rotatable bonds is 3. The number of hydrazone groups is 1. The van der Waals surface area contributed by atoms with E-state index < -0.39 is 10.0 Å². The fourth-order valence-electron chi connectivity index (χ4n) is 2.69. The molecule has 0 saturated carbocycles. The summed E-state index contributed by atoms with van der Waals surface area (Å²) in [6.45, 7) is 2.00. The topological polar surface area (TPSA) is 49.7 Å². The van der Waals surface area contributed by atoms with Crippen LogP contribution in [0.1, 0.15) is 29.2 Å². The lowest BCUT2D eigenvalue weighted by Gasteiger charge is -2.21. The highest BCUT2D eigenvalue weighted by atomic mass is 35.5. The summed E-state index contributed by atoms with van der Waals surface area (Å²) in [7, 11) is -3.46. The summed E-state index contributed by atoms with van der Waals surface area (Å²) < 4.78 is 25.5. The molecule has 23 heavy (non-hydrogen) atoms. The number of nitrogens with zero attached hydrogens (tertiary/aromatic N) is 2. The first-order valence-corrected chi connectivity index (χ1v) is 9.47. The average molecular weight is 349 g/mol. The van der Waals surface area contributed by atoms with Crippen molar-refractivity contribution in [3.8, 4) is 0 Å². The summed E-state index contributed by atoms with van der Waals surface area (Å²) in [5.74, 6) is 0. The Morgan fingerprint density at radius 1 is 1.13 bits per heavy atom. The first-order chi connectivity index (χ1) is 10.9. The summed E-state index contributed by atoms with van der Waals surface area (Å²) in [5, 5.41) is 4.92. The van der Waals surface area contributed by atoms with Crippen LogP contribution >= 0.6 is 11.6 Å². The van der Waals surface area contributed by atoms with E-state index in [0.29, 0.717) is 17.2 Å². The summed E-state index contributed by atoms with van der Waals surface area (Å²) in [5.41, 5.74) is 3.51. The van der Waals surface area contributed by atoms with Crippen molar-refractivity contribution in [2.45, 2.75) is 19.4 Å². The molecule has 0 fully saturated rings. The Morgan fingerprint density at radius 2 is 1.78 bits per heavy atom. The highest BCUT2D eigenvalue weighted by molar-refractivity contribution is 7.88. The Morgan fingerprint density at radius 3 is 2.39 bits per heavy atom.